The van der Waals surface area contributed by atoms with Crippen LogP contribution in [-0.2, 0) is 37.9 Å². The van der Waals surface area contributed by atoms with E-state index in [4.69, 9.17) is 0 Å². The van der Waals surface area contributed by atoms with Crippen LogP contribution >= 0.6 is 0 Å². The molecule has 5 heteroatoms. The van der Waals surface area contributed by atoms with Crippen LogP contribution in [0.3, 0.4) is 0 Å². The average molecular weight is 1440 g/mol. The van der Waals surface area contributed by atoms with E-state index in [0.29, 0.717) is 0 Å². The lowest BCUT2D eigenvalue weighted by molar-refractivity contribution is 0.332. The Labute approximate surface area is 658 Å². The number of nitrogens with zero attached hydrogens (tertiary/aromatic N) is 4. The Morgan fingerprint density at radius 2 is 0.595 bits per heavy atom. The number of rotatable bonds is 8. The zero-order valence-corrected chi connectivity index (χ0v) is 68.1. The fourth-order valence-electron chi connectivity index (χ4n) is 19.6. The standard InChI is InChI=1S/C106H103BN4/c1-100(2,3)74-37-27-67(28-38-74)73-35-48-89-95(60-73)108(77-41-29-68(30-42-77)71-33-46-85-87(58-71)105(14,15)55-53-103(85,10)11)97-64-80(111-93-51-39-75(101(4,5)6)61-83(93)84-62-76(102(7,8)9)40-52-94(84)111)65-98-99(97)107(89)90-49-45-79(110-91-26-22-21-25-81(91)82-57-70(36-50-92(82)110)66-23-19-18-20-24-66)63-96(90)109(98)78-43-31-69(32-44-78)72-34-47-86-88(59-72)106(16,17)56-54-104(86,12)13/h18-52,57-65H,53-56H2,1-17H3. The van der Waals surface area contributed by atoms with Crippen molar-refractivity contribution in [2.75, 3.05) is 9.80 Å². The minimum Gasteiger partial charge on any atom is -0.311 e. The molecule has 15 aromatic rings. The first-order chi connectivity index (χ1) is 52.9. The van der Waals surface area contributed by atoms with Gasteiger partial charge in [-0.05, 0) is 260 Å². The highest BCUT2D eigenvalue weighted by Gasteiger charge is 2.46. The molecule has 0 saturated carbocycles. The van der Waals surface area contributed by atoms with Gasteiger partial charge >= 0.3 is 0 Å². The van der Waals surface area contributed by atoms with Crippen LogP contribution in [0.1, 0.15) is 182 Å². The number of anilines is 6. The van der Waals surface area contributed by atoms with Crippen LogP contribution < -0.4 is 26.2 Å². The fourth-order valence-corrected chi connectivity index (χ4v) is 19.6. The summed E-state index contributed by atoms with van der Waals surface area (Å²) in [5, 5.41) is 4.99. The predicted octanol–water partition coefficient (Wildman–Crippen LogP) is 27.2. The van der Waals surface area contributed by atoms with Gasteiger partial charge in [0.05, 0.1) is 27.8 Å². The van der Waals surface area contributed by atoms with E-state index in [9.17, 15) is 0 Å². The summed E-state index contributed by atoms with van der Waals surface area (Å²) in [6, 6.07) is 105. The molecule has 19 rings (SSSR count). The van der Waals surface area contributed by atoms with Gasteiger partial charge in [-0.25, -0.2) is 0 Å². The summed E-state index contributed by atoms with van der Waals surface area (Å²) in [6.07, 6.45) is 4.70. The Hall–Kier alpha value is -10.9. The summed E-state index contributed by atoms with van der Waals surface area (Å²) in [5.74, 6) is 0. The van der Waals surface area contributed by atoms with E-state index in [-0.39, 0.29) is 44.6 Å². The third kappa shape index (κ3) is 11.5. The molecule has 2 aliphatic carbocycles. The summed E-state index contributed by atoms with van der Waals surface area (Å²) in [7, 11) is 0. The van der Waals surface area contributed by atoms with Crippen LogP contribution in [0.4, 0.5) is 34.1 Å². The van der Waals surface area contributed by atoms with Crippen LogP contribution in [-0.4, -0.2) is 15.8 Å². The van der Waals surface area contributed by atoms with E-state index < -0.39 is 0 Å². The van der Waals surface area contributed by atoms with Gasteiger partial charge in [-0.2, -0.15) is 0 Å². The van der Waals surface area contributed by atoms with E-state index in [1.54, 1.807) is 0 Å². The molecule has 4 aliphatic rings. The molecule has 0 atom stereocenters. The molecule has 0 amide bonds. The second-order valence-electron chi connectivity index (χ2n) is 38.7. The van der Waals surface area contributed by atoms with Crippen molar-refractivity contribution in [3.63, 3.8) is 0 Å². The lowest BCUT2D eigenvalue weighted by Crippen LogP contribution is -2.61. The second-order valence-corrected chi connectivity index (χ2v) is 38.7. The molecule has 111 heavy (non-hydrogen) atoms. The molecule has 2 aliphatic heterocycles. The zero-order chi connectivity index (χ0) is 77.0. The van der Waals surface area contributed by atoms with Crippen LogP contribution in [0.2, 0.25) is 0 Å². The van der Waals surface area contributed by atoms with Crippen molar-refractivity contribution in [1.82, 2.24) is 9.13 Å². The van der Waals surface area contributed by atoms with Gasteiger partial charge in [-0.3, -0.25) is 0 Å². The van der Waals surface area contributed by atoms with Crippen molar-refractivity contribution < 1.29 is 0 Å². The molecule has 0 spiro atoms. The van der Waals surface area contributed by atoms with E-state index >= 15 is 0 Å². The third-order valence-electron chi connectivity index (χ3n) is 26.5. The molecule has 0 fully saturated rings. The molecule has 0 N–H and O–H groups in total. The molecule has 4 nitrogen and oxygen atoms in total. The maximum absolute atomic E-state index is 2.65. The molecule has 0 radical (unpaired) electrons. The third-order valence-corrected chi connectivity index (χ3v) is 26.5. The predicted molar refractivity (Wildman–Crippen MR) is 478 cm³/mol. The maximum Gasteiger partial charge on any atom is 0.252 e. The van der Waals surface area contributed by atoms with E-state index in [0.717, 1.165) is 46.2 Å². The maximum atomic E-state index is 2.65. The van der Waals surface area contributed by atoms with Crippen molar-refractivity contribution in [2.24, 2.45) is 0 Å². The first-order valence-corrected chi connectivity index (χ1v) is 40.7. The smallest absolute Gasteiger partial charge is 0.252 e. The minimum absolute atomic E-state index is 0.0105. The van der Waals surface area contributed by atoms with Crippen LogP contribution in [0.5, 0.6) is 0 Å². The Balaban J connectivity index is 0.901. The summed E-state index contributed by atoms with van der Waals surface area (Å²) in [5.41, 5.74) is 37.5. The van der Waals surface area contributed by atoms with E-state index in [1.165, 1.54) is 168 Å². The molecule has 0 bridgehead atoms. The first-order valence-electron chi connectivity index (χ1n) is 40.7. The Morgan fingerprint density at radius 3 is 1.10 bits per heavy atom. The monoisotopic (exact) mass is 1440 g/mol. The number of hydrogen-bond donors (Lipinski definition) is 0. The van der Waals surface area contributed by atoms with Crippen molar-refractivity contribution in [1.29, 1.82) is 0 Å². The van der Waals surface area contributed by atoms with Gasteiger partial charge in [0.2, 0.25) is 0 Å². The lowest BCUT2D eigenvalue weighted by atomic mass is 9.33. The Kier molecular flexibility index (Phi) is 15.8. The normalized spacial score (nSPS) is 16.1. The van der Waals surface area contributed by atoms with Gasteiger partial charge in [-0.15, -0.1) is 0 Å². The van der Waals surface area contributed by atoms with E-state index in [2.05, 4.69) is 404 Å². The molecule has 0 saturated heterocycles. The van der Waals surface area contributed by atoms with Crippen molar-refractivity contribution in [3.05, 3.63) is 306 Å². The second kappa shape index (κ2) is 24.8. The molecular weight excluding hydrogens is 1340 g/mol. The molecular formula is C106H103BN4. The van der Waals surface area contributed by atoms with Crippen molar-refractivity contribution in [2.45, 2.75) is 181 Å². The van der Waals surface area contributed by atoms with Crippen molar-refractivity contribution in [3.8, 4) is 55.9 Å². The highest BCUT2D eigenvalue weighted by Crippen LogP contribution is 2.53. The zero-order valence-electron chi connectivity index (χ0n) is 68.1. The van der Waals surface area contributed by atoms with E-state index in [1.807, 2.05) is 0 Å². The summed E-state index contributed by atoms with van der Waals surface area (Å²) in [4.78, 5) is 5.30. The first kappa shape index (κ1) is 70.5. The largest absolute Gasteiger partial charge is 0.311 e. The van der Waals surface area contributed by atoms with Crippen LogP contribution in [0.15, 0.2) is 267 Å². The van der Waals surface area contributed by atoms with Gasteiger partial charge in [0.25, 0.3) is 6.71 Å². The molecule has 550 valence electrons. The number of fused-ring (bicyclic) bond motifs is 12. The fraction of sp³-hybridized carbons (Fsp3) is 0.264. The van der Waals surface area contributed by atoms with Gasteiger partial charge in [0.1, 0.15) is 0 Å². The highest BCUT2D eigenvalue weighted by atomic mass is 15.2. The molecule has 2 aromatic heterocycles. The van der Waals surface area contributed by atoms with Crippen LogP contribution in [0, 0.1) is 0 Å². The lowest BCUT2D eigenvalue weighted by Gasteiger charge is -2.44. The van der Waals surface area contributed by atoms with Gasteiger partial charge in [-0.1, -0.05) is 288 Å². The summed E-state index contributed by atoms with van der Waals surface area (Å²) >= 11 is 0. The minimum atomic E-state index is -0.175. The topological polar surface area (TPSA) is 16.3 Å². The van der Waals surface area contributed by atoms with Gasteiger partial charge in [0.15, 0.2) is 0 Å². The van der Waals surface area contributed by atoms with Crippen LogP contribution in [0.25, 0.3) is 99.5 Å². The van der Waals surface area contributed by atoms with Gasteiger partial charge in [0, 0.05) is 61.4 Å². The van der Waals surface area contributed by atoms with Crippen molar-refractivity contribution >= 4 is 101 Å². The van der Waals surface area contributed by atoms with Gasteiger partial charge < -0.3 is 18.9 Å². The quantitative estimate of drug-likeness (QED) is 0.141. The summed E-state index contributed by atoms with van der Waals surface area (Å²) in [6.45, 7) is 40.3. The molecule has 0 unspecified atom stereocenters. The number of benzene rings is 13. The number of para-hydroxylation sites is 1. The Bertz CT molecular complexity index is 6240. The summed E-state index contributed by atoms with van der Waals surface area (Å²) < 4.78 is 5.13. The highest BCUT2D eigenvalue weighted by molar-refractivity contribution is 7.00. The Morgan fingerprint density at radius 1 is 0.252 bits per heavy atom. The number of hydrogen-bond acceptors (Lipinski definition) is 2. The molecule has 13 aromatic carbocycles. The number of aromatic nitrogens is 2. The average Bonchev–Trinajstić information content (AvgIpc) is 1.60. The SMILES string of the molecule is CC(C)(C)c1ccc(-c2ccc3c(c2)N(c2ccc(-c4ccc5c(c4)C(C)(C)CCC5(C)C)cc2)c2cc(-n4c5ccc(C(C)(C)C)cc5c5cc(C(C)(C)C)ccc54)cc4c2B3c2ccc(-n3c5ccccc5c5cc(-c6ccccc6)ccc53)cc2N4c2ccc(-c3ccc4c(c3)C(C)(C)CCC4(C)C)cc2)cc1. The molecule has 4 heterocycles.